The molecule has 7 nitrogen and oxygen atoms in total. The highest BCUT2D eigenvalue weighted by molar-refractivity contribution is 5.99. The highest BCUT2D eigenvalue weighted by atomic mass is 16.5. The normalized spacial score (nSPS) is 14.5. The van der Waals surface area contributed by atoms with Crippen molar-refractivity contribution in [2.75, 3.05) is 26.3 Å². The predicted molar refractivity (Wildman–Crippen MR) is 99.4 cm³/mol. The molecule has 0 unspecified atom stereocenters. The molecule has 0 atom stereocenters. The summed E-state index contributed by atoms with van der Waals surface area (Å²) >= 11 is 0. The summed E-state index contributed by atoms with van der Waals surface area (Å²) in [5, 5.41) is 10.7. The topological polar surface area (TPSA) is 97.0 Å². The van der Waals surface area contributed by atoms with Crippen molar-refractivity contribution in [3.05, 3.63) is 38.7 Å². The number of aryl methyl sites for hydroxylation is 2. The number of phenols is 1. The summed E-state index contributed by atoms with van der Waals surface area (Å²) in [4.78, 5) is 38.1. The van der Waals surface area contributed by atoms with Gasteiger partial charge in [0.05, 0.1) is 18.8 Å². The molecule has 0 spiro atoms. The number of ether oxygens (including phenoxy) is 1. The number of aromatic hydroxyl groups is 1. The van der Waals surface area contributed by atoms with Crippen molar-refractivity contribution in [2.45, 2.75) is 33.1 Å². The van der Waals surface area contributed by atoms with Gasteiger partial charge in [0.15, 0.2) is 11.9 Å². The zero-order valence-electron chi connectivity index (χ0n) is 15.5. The van der Waals surface area contributed by atoms with Gasteiger partial charge in [-0.3, -0.25) is 9.59 Å². The van der Waals surface area contributed by atoms with E-state index < -0.39 is 5.63 Å². The minimum absolute atomic E-state index is 0.0182. The molecule has 1 saturated heterocycles. The van der Waals surface area contributed by atoms with E-state index in [1.165, 1.54) is 0 Å². The summed E-state index contributed by atoms with van der Waals surface area (Å²) in [7, 11) is 0. The Hall–Kier alpha value is -2.67. The van der Waals surface area contributed by atoms with Crippen molar-refractivity contribution < 1.29 is 23.8 Å². The maximum atomic E-state index is 12.6. The summed E-state index contributed by atoms with van der Waals surface area (Å²) in [6.07, 6.45) is 1.52. The quantitative estimate of drug-likeness (QED) is 0.636. The van der Waals surface area contributed by atoms with Crippen LogP contribution in [0.25, 0.3) is 11.0 Å². The van der Waals surface area contributed by atoms with Gasteiger partial charge in [0, 0.05) is 30.5 Å². The summed E-state index contributed by atoms with van der Waals surface area (Å²) < 4.78 is 10.6. The van der Waals surface area contributed by atoms with Gasteiger partial charge in [-0.25, -0.2) is 4.79 Å². The van der Waals surface area contributed by atoms with Gasteiger partial charge < -0.3 is 19.2 Å². The average molecular weight is 373 g/mol. The van der Waals surface area contributed by atoms with Crippen molar-refractivity contribution in [3.63, 3.8) is 0 Å². The van der Waals surface area contributed by atoms with Gasteiger partial charge in [0.1, 0.15) is 5.75 Å². The zero-order chi connectivity index (χ0) is 19.6. The Morgan fingerprint density at radius 3 is 2.63 bits per heavy atom. The largest absolute Gasteiger partial charge is 0.507 e. The monoisotopic (exact) mass is 373 g/mol. The lowest BCUT2D eigenvalue weighted by Crippen LogP contribution is -2.40. The number of fused-ring (bicyclic) bond motifs is 1. The molecule has 1 amide bonds. The van der Waals surface area contributed by atoms with E-state index in [1.807, 2.05) is 6.92 Å². The van der Waals surface area contributed by atoms with Crippen molar-refractivity contribution >= 4 is 23.2 Å². The molecular formula is C20H23NO6. The van der Waals surface area contributed by atoms with Gasteiger partial charge in [-0.1, -0.05) is 6.92 Å². The highest BCUT2D eigenvalue weighted by Crippen LogP contribution is 2.32. The second kappa shape index (κ2) is 7.92. The summed E-state index contributed by atoms with van der Waals surface area (Å²) in [5.41, 5.74) is 1.24. The first-order chi connectivity index (χ1) is 13.0. The van der Waals surface area contributed by atoms with Gasteiger partial charge in [-0.2, -0.15) is 0 Å². The molecule has 0 radical (unpaired) electrons. The Labute approximate surface area is 156 Å². The van der Waals surface area contributed by atoms with Crippen molar-refractivity contribution in [2.24, 2.45) is 0 Å². The minimum atomic E-state index is -0.569. The number of carbonyl (C=O) groups excluding carboxylic acids is 2. The Morgan fingerprint density at radius 2 is 2.00 bits per heavy atom. The van der Waals surface area contributed by atoms with Crippen LogP contribution in [0.5, 0.6) is 5.75 Å². The summed E-state index contributed by atoms with van der Waals surface area (Å²) in [5.74, 6) is -0.201. The smallest absolute Gasteiger partial charge is 0.339 e. The Kier molecular flexibility index (Phi) is 5.60. The number of hydrogen-bond acceptors (Lipinski definition) is 6. The van der Waals surface area contributed by atoms with Crippen LogP contribution in [0.15, 0.2) is 15.3 Å². The van der Waals surface area contributed by atoms with Crippen LogP contribution >= 0.6 is 0 Å². The van der Waals surface area contributed by atoms with Crippen molar-refractivity contribution in [1.82, 2.24) is 4.90 Å². The van der Waals surface area contributed by atoms with E-state index >= 15 is 0 Å². The van der Waals surface area contributed by atoms with Crippen LogP contribution < -0.4 is 5.63 Å². The molecule has 2 heterocycles. The van der Waals surface area contributed by atoms with Gasteiger partial charge in [-0.05, 0) is 37.0 Å². The van der Waals surface area contributed by atoms with Crippen LogP contribution in [0.3, 0.4) is 0 Å². The minimum Gasteiger partial charge on any atom is -0.507 e. The number of benzene rings is 1. The third-order valence-electron chi connectivity index (χ3n) is 5.03. The fourth-order valence-electron chi connectivity index (χ4n) is 3.56. The number of aldehydes is 1. The molecule has 0 aliphatic carbocycles. The third kappa shape index (κ3) is 3.60. The second-order valence-electron chi connectivity index (χ2n) is 6.64. The maximum absolute atomic E-state index is 12.6. The molecule has 1 N–H and O–H groups in total. The van der Waals surface area contributed by atoms with Crippen LogP contribution in [0.2, 0.25) is 0 Å². The van der Waals surface area contributed by atoms with Crippen LogP contribution in [0.4, 0.5) is 0 Å². The first-order valence-corrected chi connectivity index (χ1v) is 9.09. The molecule has 0 bridgehead atoms. The van der Waals surface area contributed by atoms with Gasteiger partial charge >= 0.3 is 5.63 Å². The van der Waals surface area contributed by atoms with E-state index in [0.717, 1.165) is 5.56 Å². The third-order valence-corrected chi connectivity index (χ3v) is 5.03. The summed E-state index contributed by atoms with van der Waals surface area (Å²) in [6, 6.07) is 1.72. The molecule has 144 valence electrons. The van der Waals surface area contributed by atoms with Crippen LogP contribution in [0.1, 0.15) is 40.4 Å². The lowest BCUT2D eigenvalue weighted by Gasteiger charge is -2.26. The molecule has 3 rings (SSSR count). The maximum Gasteiger partial charge on any atom is 0.339 e. The highest BCUT2D eigenvalue weighted by Gasteiger charge is 2.21. The number of morpholine rings is 1. The molecule has 1 aromatic heterocycles. The second-order valence-corrected chi connectivity index (χ2v) is 6.64. The van der Waals surface area contributed by atoms with Crippen molar-refractivity contribution in [1.29, 1.82) is 0 Å². The molecule has 1 aromatic carbocycles. The van der Waals surface area contributed by atoms with Crippen LogP contribution in [-0.2, 0) is 22.4 Å². The number of amides is 1. The average Bonchev–Trinajstić information content (AvgIpc) is 2.68. The lowest BCUT2D eigenvalue weighted by atomic mass is 9.95. The molecule has 1 aliphatic heterocycles. The Bertz CT molecular complexity index is 940. The predicted octanol–water partition coefficient (Wildman–Crippen LogP) is 1.97. The Balaban J connectivity index is 1.99. The number of phenolic OH excluding ortho intramolecular Hbond substituents is 1. The number of carbonyl (C=O) groups is 2. The standard InChI is InChI=1S/C20H23NO6/c1-3-13-14(4-5-17(23)21-6-8-26-9-7-21)20(25)27-19-15(13)10-12(2)18(24)16(19)11-22/h10-11,24H,3-9H2,1-2H3. The van der Waals surface area contributed by atoms with Crippen molar-refractivity contribution in [3.8, 4) is 5.75 Å². The molecule has 7 heteroatoms. The molecule has 1 aliphatic rings. The van der Waals surface area contributed by atoms with E-state index in [9.17, 15) is 19.5 Å². The molecule has 1 fully saturated rings. The zero-order valence-corrected chi connectivity index (χ0v) is 15.5. The number of hydrogen-bond donors (Lipinski definition) is 1. The SMILES string of the molecule is CCc1c(CCC(=O)N2CCOCC2)c(=O)oc2c(C=O)c(O)c(C)cc12. The van der Waals surface area contributed by atoms with Gasteiger partial charge in [0.25, 0.3) is 0 Å². The molecule has 0 saturated carbocycles. The summed E-state index contributed by atoms with van der Waals surface area (Å²) in [6.45, 7) is 5.78. The van der Waals surface area contributed by atoms with E-state index in [2.05, 4.69) is 0 Å². The lowest BCUT2D eigenvalue weighted by molar-refractivity contribution is -0.135. The van der Waals surface area contributed by atoms with Crippen LogP contribution in [-0.4, -0.2) is 48.5 Å². The van der Waals surface area contributed by atoms with Gasteiger partial charge in [-0.15, -0.1) is 0 Å². The van der Waals surface area contributed by atoms with E-state index in [4.69, 9.17) is 9.15 Å². The molecular weight excluding hydrogens is 350 g/mol. The fourth-order valence-corrected chi connectivity index (χ4v) is 3.56. The first-order valence-electron chi connectivity index (χ1n) is 9.09. The van der Waals surface area contributed by atoms with E-state index in [1.54, 1.807) is 17.9 Å². The van der Waals surface area contributed by atoms with E-state index in [-0.39, 0.29) is 35.6 Å². The first kappa shape index (κ1) is 19.1. The van der Waals surface area contributed by atoms with E-state index in [0.29, 0.717) is 55.5 Å². The number of rotatable bonds is 5. The Morgan fingerprint density at radius 1 is 1.30 bits per heavy atom. The number of nitrogens with zero attached hydrogens (tertiary/aromatic N) is 1. The van der Waals surface area contributed by atoms with Gasteiger partial charge in [0.2, 0.25) is 5.91 Å². The fraction of sp³-hybridized carbons (Fsp3) is 0.450. The molecule has 27 heavy (non-hydrogen) atoms. The molecule has 2 aromatic rings. The van der Waals surface area contributed by atoms with Crippen LogP contribution in [0, 0.1) is 6.92 Å².